The van der Waals surface area contributed by atoms with Gasteiger partial charge in [-0.25, -0.2) is 0 Å². The molecule has 4 nitrogen and oxygen atoms in total. The summed E-state index contributed by atoms with van der Waals surface area (Å²) in [5, 5.41) is 5.63. The number of carbonyl (C=O) groups excluding carboxylic acids is 2. The van der Waals surface area contributed by atoms with Gasteiger partial charge in [-0.1, -0.05) is 6.07 Å². The first-order valence-corrected chi connectivity index (χ1v) is 8.51. The Hall–Kier alpha value is -1.66. The Morgan fingerprint density at radius 1 is 1.33 bits per heavy atom. The molecule has 0 aliphatic heterocycles. The van der Waals surface area contributed by atoms with Crippen LogP contribution >= 0.6 is 22.7 Å². The van der Waals surface area contributed by atoms with Crippen LogP contribution in [0.2, 0.25) is 0 Å². The molecule has 0 radical (unpaired) electrons. The molecule has 0 bridgehead atoms. The maximum atomic E-state index is 12.3. The van der Waals surface area contributed by atoms with Crippen molar-refractivity contribution >= 4 is 39.5 Å². The van der Waals surface area contributed by atoms with Crippen LogP contribution in [0.1, 0.15) is 27.4 Å². The van der Waals surface area contributed by atoms with Gasteiger partial charge in [0.05, 0.1) is 16.4 Å². The van der Waals surface area contributed by atoms with Crippen molar-refractivity contribution in [2.75, 3.05) is 12.4 Å². The van der Waals surface area contributed by atoms with Crippen molar-refractivity contribution < 1.29 is 9.59 Å². The van der Waals surface area contributed by atoms with Crippen LogP contribution in [0, 0.1) is 5.92 Å². The standard InChI is InChI=1S/C15H16N2O2S2/c1-17(9-11-3-2-8-20-11)15(19)12-6-7-13(21-12)16-14(18)10-4-5-10/h2-3,6-8,10H,4-5,9H2,1H3,(H,16,18). The molecule has 1 saturated carbocycles. The summed E-state index contributed by atoms with van der Waals surface area (Å²) in [6.07, 6.45) is 1.96. The highest BCUT2D eigenvalue weighted by Crippen LogP contribution is 2.31. The van der Waals surface area contributed by atoms with Gasteiger partial charge in [-0.3, -0.25) is 9.59 Å². The van der Waals surface area contributed by atoms with Crippen molar-refractivity contribution in [1.82, 2.24) is 4.90 Å². The second-order valence-corrected chi connectivity index (χ2v) is 7.28. The molecule has 2 aromatic rings. The van der Waals surface area contributed by atoms with Crippen LogP contribution < -0.4 is 5.32 Å². The van der Waals surface area contributed by atoms with Crippen LogP contribution in [0.15, 0.2) is 29.6 Å². The number of nitrogens with one attached hydrogen (secondary N) is 1. The van der Waals surface area contributed by atoms with Crippen LogP contribution in [-0.4, -0.2) is 23.8 Å². The Morgan fingerprint density at radius 2 is 2.14 bits per heavy atom. The fourth-order valence-electron chi connectivity index (χ4n) is 1.99. The molecule has 2 heterocycles. The van der Waals surface area contributed by atoms with E-state index in [4.69, 9.17) is 0 Å². The van der Waals surface area contributed by atoms with Gasteiger partial charge >= 0.3 is 0 Å². The van der Waals surface area contributed by atoms with Crippen molar-refractivity contribution in [3.05, 3.63) is 39.4 Å². The molecule has 2 aromatic heterocycles. The summed E-state index contributed by atoms with van der Waals surface area (Å²) in [6.45, 7) is 0.609. The van der Waals surface area contributed by atoms with E-state index < -0.39 is 0 Å². The summed E-state index contributed by atoms with van der Waals surface area (Å²) in [6, 6.07) is 7.58. The van der Waals surface area contributed by atoms with Gasteiger partial charge < -0.3 is 10.2 Å². The summed E-state index contributed by atoms with van der Waals surface area (Å²) in [4.78, 5) is 27.6. The SMILES string of the molecule is CN(Cc1cccs1)C(=O)c1ccc(NC(=O)C2CC2)s1. The Balaban J connectivity index is 1.61. The third-order valence-corrected chi connectivity index (χ3v) is 5.18. The van der Waals surface area contributed by atoms with E-state index in [9.17, 15) is 9.59 Å². The molecule has 0 unspecified atom stereocenters. The molecule has 2 amide bonds. The van der Waals surface area contributed by atoms with Crippen molar-refractivity contribution in [3.63, 3.8) is 0 Å². The smallest absolute Gasteiger partial charge is 0.264 e. The third kappa shape index (κ3) is 3.51. The second kappa shape index (κ2) is 5.99. The highest BCUT2D eigenvalue weighted by Gasteiger charge is 2.30. The van der Waals surface area contributed by atoms with Crippen LogP contribution in [0.3, 0.4) is 0 Å². The van der Waals surface area contributed by atoms with E-state index in [-0.39, 0.29) is 17.7 Å². The summed E-state index contributed by atoms with van der Waals surface area (Å²) < 4.78 is 0. The molecule has 21 heavy (non-hydrogen) atoms. The largest absolute Gasteiger partial charge is 0.336 e. The summed E-state index contributed by atoms with van der Waals surface area (Å²) in [7, 11) is 1.80. The number of hydrogen-bond acceptors (Lipinski definition) is 4. The number of anilines is 1. The first-order chi connectivity index (χ1) is 10.1. The number of amides is 2. The lowest BCUT2D eigenvalue weighted by Gasteiger charge is -2.14. The van der Waals surface area contributed by atoms with Crippen molar-refractivity contribution in [2.24, 2.45) is 5.92 Å². The molecule has 0 saturated heterocycles. The number of nitrogens with zero attached hydrogens (tertiary/aromatic N) is 1. The molecule has 0 aromatic carbocycles. The fraction of sp³-hybridized carbons (Fsp3) is 0.333. The zero-order valence-electron chi connectivity index (χ0n) is 11.7. The van der Waals surface area contributed by atoms with Gasteiger partial charge in [-0.15, -0.1) is 22.7 Å². The molecule has 0 atom stereocenters. The van der Waals surface area contributed by atoms with Gasteiger partial charge in [-0.05, 0) is 36.4 Å². The quantitative estimate of drug-likeness (QED) is 0.917. The summed E-state index contributed by atoms with van der Waals surface area (Å²) >= 11 is 2.98. The average molecular weight is 320 g/mol. The highest BCUT2D eigenvalue weighted by molar-refractivity contribution is 7.18. The highest BCUT2D eigenvalue weighted by atomic mass is 32.1. The minimum atomic E-state index is -0.0136. The van der Waals surface area contributed by atoms with Gasteiger partial charge in [-0.2, -0.15) is 0 Å². The van der Waals surface area contributed by atoms with E-state index in [0.717, 1.165) is 22.7 Å². The Bertz CT molecular complexity index is 644. The van der Waals surface area contributed by atoms with Gasteiger partial charge in [0, 0.05) is 17.8 Å². The Kier molecular flexibility index (Phi) is 4.07. The predicted molar refractivity (Wildman–Crippen MR) is 85.8 cm³/mol. The van der Waals surface area contributed by atoms with Crippen LogP contribution in [0.4, 0.5) is 5.00 Å². The van der Waals surface area contributed by atoms with E-state index >= 15 is 0 Å². The lowest BCUT2D eigenvalue weighted by atomic mass is 10.3. The maximum Gasteiger partial charge on any atom is 0.264 e. The molecule has 1 aliphatic carbocycles. The van der Waals surface area contributed by atoms with Crippen molar-refractivity contribution in [2.45, 2.75) is 19.4 Å². The predicted octanol–water partition coefficient (Wildman–Crippen LogP) is 3.43. The molecule has 110 valence electrons. The average Bonchev–Trinajstić information content (AvgIpc) is 3.01. The number of thiophene rings is 2. The number of hydrogen-bond donors (Lipinski definition) is 1. The van der Waals surface area contributed by atoms with E-state index in [2.05, 4.69) is 5.32 Å². The molecule has 3 rings (SSSR count). The third-order valence-electron chi connectivity index (χ3n) is 3.33. The molecular weight excluding hydrogens is 304 g/mol. The van der Waals surface area contributed by atoms with Gasteiger partial charge in [0.1, 0.15) is 0 Å². The lowest BCUT2D eigenvalue weighted by Crippen LogP contribution is -2.24. The van der Waals surface area contributed by atoms with Crippen LogP contribution in [0.25, 0.3) is 0 Å². The minimum absolute atomic E-state index is 0.0136. The van der Waals surface area contributed by atoms with E-state index in [1.165, 1.54) is 11.3 Å². The summed E-state index contributed by atoms with van der Waals surface area (Å²) in [5.74, 6) is 0.232. The first kappa shape index (κ1) is 14.3. The molecule has 1 fully saturated rings. The van der Waals surface area contributed by atoms with Gasteiger partial charge in [0.25, 0.3) is 5.91 Å². The topological polar surface area (TPSA) is 49.4 Å². The van der Waals surface area contributed by atoms with E-state index in [1.54, 1.807) is 35.4 Å². The van der Waals surface area contributed by atoms with E-state index in [1.807, 2.05) is 17.5 Å². The van der Waals surface area contributed by atoms with Crippen LogP contribution in [-0.2, 0) is 11.3 Å². The fourth-order valence-corrected chi connectivity index (χ4v) is 3.65. The lowest BCUT2D eigenvalue weighted by molar-refractivity contribution is -0.117. The minimum Gasteiger partial charge on any atom is -0.336 e. The first-order valence-electron chi connectivity index (χ1n) is 6.82. The van der Waals surface area contributed by atoms with Crippen molar-refractivity contribution in [3.8, 4) is 0 Å². The maximum absolute atomic E-state index is 12.3. The van der Waals surface area contributed by atoms with Gasteiger partial charge in [0.15, 0.2) is 0 Å². The normalized spacial score (nSPS) is 14.0. The Morgan fingerprint density at radius 3 is 2.81 bits per heavy atom. The number of carbonyl (C=O) groups is 2. The zero-order chi connectivity index (χ0) is 14.8. The molecule has 1 aliphatic rings. The second-order valence-electron chi connectivity index (χ2n) is 5.17. The van der Waals surface area contributed by atoms with Gasteiger partial charge in [0.2, 0.25) is 5.91 Å². The van der Waals surface area contributed by atoms with Crippen LogP contribution in [0.5, 0.6) is 0 Å². The molecule has 1 N–H and O–H groups in total. The monoisotopic (exact) mass is 320 g/mol. The molecular formula is C15H16N2O2S2. The van der Waals surface area contributed by atoms with Crippen molar-refractivity contribution in [1.29, 1.82) is 0 Å². The Labute approximate surface area is 131 Å². The van der Waals surface area contributed by atoms with E-state index in [0.29, 0.717) is 11.4 Å². The number of rotatable bonds is 5. The zero-order valence-corrected chi connectivity index (χ0v) is 13.3. The molecule has 0 spiro atoms. The summed E-state index contributed by atoms with van der Waals surface area (Å²) in [5.41, 5.74) is 0. The molecule has 6 heteroatoms.